The monoisotopic (exact) mass is 379 g/mol. The standard InChI is InChI=1S/C17H35NO6.C2H6/c1-4-18-17(19)5-6-20-7-8-21-9-10-22-11-12-23-13-14-24-15-16(2)3;1-2/h16H,4-15H2,1-3H3,(H,18,19);1-2H3. The van der Waals surface area contributed by atoms with Gasteiger partial charge in [-0.15, -0.1) is 0 Å². The first-order valence-electron chi connectivity index (χ1n) is 9.82. The van der Waals surface area contributed by atoms with Crippen LogP contribution in [0.4, 0.5) is 0 Å². The van der Waals surface area contributed by atoms with Gasteiger partial charge in [0.25, 0.3) is 0 Å². The molecule has 0 aliphatic carbocycles. The fraction of sp³-hybridized carbons (Fsp3) is 0.947. The predicted octanol–water partition coefficient (Wildman–Crippen LogP) is 2.28. The number of hydrogen-bond donors (Lipinski definition) is 1. The van der Waals surface area contributed by atoms with Crippen LogP contribution in [0.1, 0.15) is 41.0 Å². The molecular formula is C19H41NO6. The molecule has 0 aliphatic heterocycles. The summed E-state index contributed by atoms with van der Waals surface area (Å²) in [6.45, 7) is 16.4. The van der Waals surface area contributed by atoms with Crippen LogP contribution in [-0.2, 0) is 28.5 Å². The van der Waals surface area contributed by atoms with Gasteiger partial charge in [0.05, 0.1) is 59.5 Å². The van der Waals surface area contributed by atoms with E-state index < -0.39 is 0 Å². The first-order chi connectivity index (χ1) is 12.7. The molecule has 0 saturated heterocycles. The number of amides is 1. The molecule has 0 unspecified atom stereocenters. The lowest BCUT2D eigenvalue weighted by molar-refractivity contribution is -0.122. The van der Waals surface area contributed by atoms with Crippen LogP contribution >= 0.6 is 0 Å². The molecule has 0 rings (SSSR count). The van der Waals surface area contributed by atoms with Crippen molar-refractivity contribution in [1.82, 2.24) is 5.32 Å². The van der Waals surface area contributed by atoms with Gasteiger partial charge in [-0.3, -0.25) is 4.79 Å². The molecule has 0 radical (unpaired) electrons. The van der Waals surface area contributed by atoms with Gasteiger partial charge in [-0.1, -0.05) is 27.7 Å². The van der Waals surface area contributed by atoms with Crippen LogP contribution in [0.15, 0.2) is 0 Å². The molecule has 0 spiro atoms. The second-order valence-corrected chi connectivity index (χ2v) is 5.62. The summed E-state index contributed by atoms with van der Waals surface area (Å²) in [6, 6.07) is 0. The molecule has 0 saturated carbocycles. The fourth-order valence-electron chi connectivity index (χ4n) is 1.65. The third-order valence-corrected chi connectivity index (χ3v) is 2.79. The van der Waals surface area contributed by atoms with Gasteiger partial charge in [-0.25, -0.2) is 0 Å². The Morgan fingerprint density at radius 2 is 1.12 bits per heavy atom. The van der Waals surface area contributed by atoms with E-state index in [9.17, 15) is 4.79 Å². The molecule has 0 bridgehead atoms. The molecule has 0 aromatic carbocycles. The molecule has 0 heterocycles. The average Bonchev–Trinajstić information content (AvgIpc) is 2.63. The van der Waals surface area contributed by atoms with E-state index in [0.717, 1.165) is 6.61 Å². The van der Waals surface area contributed by atoms with Crippen LogP contribution in [0.2, 0.25) is 0 Å². The van der Waals surface area contributed by atoms with E-state index >= 15 is 0 Å². The second-order valence-electron chi connectivity index (χ2n) is 5.62. The highest BCUT2D eigenvalue weighted by atomic mass is 16.6. The summed E-state index contributed by atoms with van der Waals surface area (Å²) in [5.41, 5.74) is 0. The van der Waals surface area contributed by atoms with E-state index in [2.05, 4.69) is 19.2 Å². The number of nitrogens with one attached hydrogen (secondary N) is 1. The molecule has 0 aliphatic rings. The molecule has 1 N–H and O–H groups in total. The van der Waals surface area contributed by atoms with Crippen molar-refractivity contribution in [2.45, 2.75) is 41.0 Å². The Labute approximate surface area is 160 Å². The fourth-order valence-corrected chi connectivity index (χ4v) is 1.65. The van der Waals surface area contributed by atoms with Gasteiger partial charge < -0.3 is 29.0 Å². The summed E-state index contributed by atoms with van der Waals surface area (Å²) in [7, 11) is 0. The Hall–Kier alpha value is -0.730. The number of hydrogen-bond acceptors (Lipinski definition) is 6. The van der Waals surface area contributed by atoms with Crippen molar-refractivity contribution in [2.24, 2.45) is 5.92 Å². The smallest absolute Gasteiger partial charge is 0.222 e. The van der Waals surface area contributed by atoms with E-state index in [1.54, 1.807) is 0 Å². The Bertz CT molecular complexity index is 277. The average molecular weight is 380 g/mol. The number of rotatable bonds is 18. The van der Waals surface area contributed by atoms with Crippen LogP contribution in [0.3, 0.4) is 0 Å². The Balaban J connectivity index is 0. The van der Waals surface area contributed by atoms with Crippen LogP contribution in [0.5, 0.6) is 0 Å². The topological polar surface area (TPSA) is 75.3 Å². The number of carbonyl (C=O) groups is 1. The predicted molar refractivity (Wildman–Crippen MR) is 104 cm³/mol. The summed E-state index contributed by atoms with van der Waals surface area (Å²) < 4.78 is 26.8. The molecule has 0 fully saturated rings. The van der Waals surface area contributed by atoms with Crippen molar-refractivity contribution >= 4 is 5.91 Å². The first-order valence-corrected chi connectivity index (χ1v) is 9.82. The number of ether oxygens (including phenoxy) is 5. The van der Waals surface area contributed by atoms with Crippen molar-refractivity contribution in [3.63, 3.8) is 0 Å². The lowest BCUT2D eigenvalue weighted by Crippen LogP contribution is -2.24. The SMILES string of the molecule is CC.CCNC(=O)CCOCCOCCOCCOCCOCC(C)C. The molecule has 26 heavy (non-hydrogen) atoms. The van der Waals surface area contributed by atoms with Crippen LogP contribution in [0, 0.1) is 5.92 Å². The van der Waals surface area contributed by atoms with E-state index in [1.165, 1.54) is 0 Å². The summed E-state index contributed by atoms with van der Waals surface area (Å²) in [5, 5.41) is 2.72. The summed E-state index contributed by atoms with van der Waals surface area (Å²) >= 11 is 0. The Kier molecular flexibility index (Phi) is 25.7. The Morgan fingerprint density at radius 1 is 0.731 bits per heavy atom. The highest BCUT2D eigenvalue weighted by molar-refractivity contribution is 5.75. The normalized spacial score (nSPS) is 10.5. The van der Waals surface area contributed by atoms with E-state index in [0.29, 0.717) is 78.3 Å². The molecule has 7 heteroatoms. The zero-order valence-electron chi connectivity index (χ0n) is 17.5. The zero-order valence-corrected chi connectivity index (χ0v) is 17.5. The van der Waals surface area contributed by atoms with E-state index in [1.807, 2.05) is 20.8 Å². The minimum absolute atomic E-state index is 0.0144. The molecule has 0 atom stereocenters. The number of carbonyl (C=O) groups excluding carboxylic acids is 1. The minimum atomic E-state index is 0.0144. The van der Waals surface area contributed by atoms with Crippen LogP contribution in [0.25, 0.3) is 0 Å². The summed E-state index contributed by atoms with van der Waals surface area (Å²) in [6.07, 6.45) is 0.388. The second kappa shape index (κ2) is 24.3. The van der Waals surface area contributed by atoms with Gasteiger partial charge in [0, 0.05) is 19.6 Å². The molecule has 1 amide bonds. The van der Waals surface area contributed by atoms with Crippen LogP contribution in [-0.4, -0.2) is 78.5 Å². The minimum Gasteiger partial charge on any atom is -0.379 e. The highest BCUT2D eigenvalue weighted by Gasteiger charge is 1.98. The Morgan fingerprint density at radius 3 is 1.50 bits per heavy atom. The van der Waals surface area contributed by atoms with Gasteiger partial charge in [-0.05, 0) is 12.8 Å². The highest BCUT2D eigenvalue weighted by Crippen LogP contribution is 1.92. The molecule has 7 nitrogen and oxygen atoms in total. The summed E-state index contributed by atoms with van der Waals surface area (Å²) in [5.74, 6) is 0.569. The maximum Gasteiger partial charge on any atom is 0.222 e. The molecule has 0 aromatic heterocycles. The van der Waals surface area contributed by atoms with Crippen molar-refractivity contribution in [1.29, 1.82) is 0 Å². The van der Waals surface area contributed by atoms with Crippen molar-refractivity contribution in [2.75, 3.05) is 72.6 Å². The largest absolute Gasteiger partial charge is 0.379 e. The maximum absolute atomic E-state index is 11.1. The molecule has 0 aromatic rings. The van der Waals surface area contributed by atoms with Crippen molar-refractivity contribution in [3.05, 3.63) is 0 Å². The van der Waals surface area contributed by atoms with Gasteiger partial charge in [0.2, 0.25) is 5.91 Å². The first kappa shape index (κ1) is 27.5. The van der Waals surface area contributed by atoms with Crippen molar-refractivity contribution in [3.8, 4) is 0 Å². The third-order valence-electron chi connectivity index (χ3n) is 2.79. The molecule has 158 valence electrons. The van der Waals surface area contributed by atoms with Crippen molar-refractivity contribution < 1.29 is 28.5 Å². The van der Waals surface area contributed by atoms with Gasteiger partial charge in [-0.2, -0.15) is 0 Å². The lowest BCUT2D eigenvalue weighted by Gasteiger charge is -2.08. The van der Waals surface area contributed by atoms with Gasteiger partial charge in [0.1, 0.15) is 0 Å². The van der Waals surface area contributed by atoms with E-state index in [-0.39, 0.29) is 5.91 Å². The van der Waals surface area contributed by atoms with Gasteiger partial charge >= 0.3 is 0 Å². The quantitative estimate of drug-likeness (QED) is 0.368. The zero-order chi connectivity index (χ0) is 19.9. The maximum atomic E-state index is 11.1. The van der Waals surface area contributed by atoms with Crippen LogP contribution < -0.4 is 5.32 Å². The molecular weight excluding hydrogens is 338 g/mol. The van der Waals surface area contributed by atoms with Gasteiger partial charge in [0.15, 0.2) is 0 Å². The van der Waals surface area contributed by atoms with E-state index in [4.69, 9.17) is 23.7 Å². The summed E-state index contributed by atoms with van der Waals surface area (Å²) in [4.78, 5) is 11.1. The third kappa shape index (κ3) is 25.5. The lowest BCUT2D eigenvalue weighted by atomic mass is 10.2.